The predicted molar refractivity (Wildman–Crippen MR) is 200 cm³/mol. The highest BCUT2D eigenvalue weighted by atomic mass is 79.9. The lowest BCUT2D eigenvalue weighted by atomic mass is 10.0. The third kappa shape index (κ3) is 11.1. The molecule has 0 radical (unpaired) electrons. The fourth-order valence-corrected chi connectivity index (χ4v) is 5.25. The number of hydrogen-bond donors (Lipinski definition) is 2. The van der Waals surface area contributed by atoms with Gasteiger partial charge in [-0.2, -0.15) is 0 Å². The van der Waals surface area contributed by atoms with Crippen LogP contribution < -0.4 is 20.5 Å². The van der Waals surface area contributed by atoms with Crippen molar-refractivity contribution in [1.82, 2.24) is 20.3 Å². The first-order valence-electron chi connectivity index (χ1n) is 16.1. The summed E-state index contributed by atoms with van der Waals surface area (Å²) in [6, 6.07) is 31.2. The number of carbonyl (C=O) groups excluding carboxylic acids is 1. The van der Waals surface area contributed by atoms with Crippen LogP contribution in [0.4, 0.5) is 4.79 Å². The Labute approximate surface area is 301 Å². The number of hydrogen-bond acceptors (Lipinski definition) is 8. The number of halogens is 1. The standard InChI is InChI=1S/C22H19N3O.C18H21BrN2O3/c23-22(16-4-2-1-3-5-16)15-26-21-11-20(13-25-14-21)17-6-7-19-12-24-9-8-18(19)10-17;1-18(2,3)24-17(22)21-16(13-7-5-4-6-8-13)12-23-15-9-14(19)10-20-11-15/h1-14,22H,15,23H2;4-11,16H,12H2,1-3H3,(H,21,22)/t22-;16-/m11/s1. The van der Waals surface area contributed by atoms with Crippen LogP contribution in [0.5, 0.6) is 11.5 Å². The summed E-state index contributed by atoms with van der Waals surface area (Å²) >= 11 is 3.36. The van der Waals surface area contributed by atoms with Gasteiger partial charge in [0.15, 0.2) is 0 Å². The lowest BCUT2D eigenvalue weighted by Gasteiger charge is -2.24. The highest BCUT2D eigenvalue weighted by Crippen LogP contribution is 2.27. The van der Waals surface area contributed by atoms with E-state index >= 15 is 0 Å². The third-order valence-corrected chi connectivity index (χ3v) is 7.77. The number of alkyl carbamates (subject to hydrolysis) is 1. The van der Waals surface area contributed by atoms with E-state index in [1.165, 1.54) is 0 Å². The van der Waals surface area contributed by atoms with Gasteiger partial charge in [0.25, 0.3) is 0 Å². The third-order valence-electron chi connectivity index (χ3n) is 7.33. The molecule has 6 rings (SSSR count). The van der Waals surface area contributed by atoms with Crippen LogP contribution in [-0.4, -0.2) is 39.9 Å². The Morgan fingerprint density at radius 2 is 1.38 bits per heavy atom. The summed E-state index contributed by atoms with van der Waals surface area (Å²) in [7, 11) is 0. The Balaban J connectivity index is 0.000000195. The zero-order chi connectivity index (χ0) is 35.3. The van der Waals surface area contributed by atoms with Crippen molar-refractivity contribution in [1.29, 1.82) is 0 Å². The van der Waals surface area contributed by atoms with Crippen molar-refractivity contribution in [3.8, 4) is 22.6 Å². The molecule has 0 saturated heterocycles. The molecule has 0 saturated carbocycles. The van der Waals surface area contributed by atoms with Gasteiger partial charge in [-0.15, -0.1) is 0 Å². The molecule has 6 aromatic rings. The minimum absolute atomic E-state index is 0.173. The number of carbonyl (C=O) groups is 1. The van der Waals surface area contributed by atoms with E-state index in [-0.39, 0.29) is 18.7 Å². The molecular formula is C40H40BrN5O4. The molecule has 2 atom stereocenters. The quantitative estimate of drug-likeness (QED) is 0.143. The van der Waals surface area contributed by atoms with Gasteiger partial charge in [0, 0.05) is 40.2 Å². The van der Waals surface area contributed by atoms with Gasteiger partial charge in [-0.25, -0.2) is 4.79 Å². The Kier molecular flexibility index (Phi) is 12.5. The molecule has 3 heterocycles. The smallest absolute Gasteiger partial charge is 0.408 e. The second-order valence-electron chi connectivity index (χ2n) is 12.4. The maximum absolute atomic E-state index is 12.1. The highest BCUT2D eigenvalue weighted by molar-refractivity contribution is 9.10. The number of benzene rings is 3. The van der Waals surface area contributed by atoms with Crippen LogP contribution in [-0.2, 0) is 4.74 Å². The molecular weight excluding hydrogens is 694 g/mol. The maximum atomic E-state index is 12.1. The van der Waals surface area contributed by atoms with Crippen LogP contribution in [0.15, 0.2) is 139 Å². The number of nitrogens with one attached hydrogen (secondary N) is 1. The second kappa shape index (κ2) is 17.4. The summed E-state index contributed by atoms with van der Waals surface area (Å²) in [4.78, 5) is 24.6. The van der Waals surface area contributed by atoms with E-state index in [0.29, 0.717) is 18.1 Å². The topological polar surface area (TPSA) is 121 Å². The van der Waals surface area contributed by atoms with Gasteiger partial charge in [-0.1, -0.05) is 72.8 Å². The number of pyridine rings is 3. The van der Waals surface area contributed by atoms with Crippen molar-refractivity contribution in [2.75, 3.05) is 13.2 Å². The van der Waals surface area contributed by atoms with Gasteiger partial charge in [-0.05, 0) is 83.0 Å². The van der Waals surface area contributed by atoms with Gasteiger partial charge in [0.05, 0.1) is 24.5 Å². The van der Waals surface area contributed by atoms with Gasteiger partial charge >= 0.3 is 6.09 Å². The van der Waals surface area contributed by atoms with Crippen LogP contribution in [0.25, 0.3) is 21.9 Å². The van der Waals surface area contributed by atoms with Gasteiger partial charge in [-0.3, -0.25) is 15.0 Å². The fourth-order valence-electron chi connectivity index (χ4n) is 4.91. The Morgan fingerprint density at radius 3 is 2.08 bits per heavy atom. The molecule has 0 aliphatic rings. The van der Waals surface area contributed by atoms with Crippen molar-refractivity contribution < 1.29 is 19.0 Å². The Morgan fingerprint density at radius 1 is 0.720 bits per heavy atom. The van der Waals surface area contributed by atoms with Crippen molar-refractivity contribution in [2.24, 2.45) is 5.73 Å². The normalized spacial score (nSPS) is 12.2. The monoisotopic (exact) mass is 733 g/mol. The molecule has 9 nitrogen and oxygen atoms in total. The van der Waals surface area contributed by atoms with Crippen LogP contribution in [0, 0.1) is 0 Å². The Hall–Kier alpha value is -5.32. The summed E-state index contributed by atoms with van der Waals surface area (Å²) < 4.78 is 17.8. The SMILES string of the molecule is CC(C)(C)OC(=O)N[C@H](COc1cncc(Br)c1)c1ccccc1.N[C@H](COc1cncc(-c2ccc3cnccc3c2)c1)c1ccccc1. The van der Waals surface area contributed by atoms with Gasteiger partial charge in [0.2, 0.25) is 0 Å². The average molecular weight is 735 g/mol. The molecule has 0 aliphatic carbocycles. The molecule has 0 spiro atoms. The maximum Gasteiger partial charge on any atom is 0.408 e. The lowest BCUT2D eigenvalue weighted by Crippen LogP contribution is -2.37. The molecule has 3 N–H and O–H groups in total. The summed E-state index contributed by atoms with van der Waals surface area (Å²) in [5.74, 6) is 1.33. The average Bonchev–Trinajstić information content (AvgIpc) is 3.12. The van der Waals surface area contributed by atoms with Gasteiger partial charge < -0.3 is 25.3 Å². The Bertz CT molecular complexity index is 1970. The summed E-state index contributed by atoms with van der Waals surface area (Å²) in [6.45, 7) is 6.15. The van der Waals surface area contributed by atoms with Crippen molar-refractivity contribution in [3.05, 3.63) is 150 Å². The van der Waals surface area contributed by atoms with Gasteiger partial charge in [0.1, 0.15) is 30.3 Å². The molecule has 3 aromatic heterocycles. The summed E-state index contributed by atoms with van der Waals surface area (Å²) in [5, 5.41) is 5.12. The highest BCUT2D eigenvalue weighted by Gasteiger charge is 2.21. The van der Waals surface area contributed by atoms with Crippen LogP contribution in [0.3, 0.4) is 0 Å². The number of aromatic nitrogens is 3. The lowest BCUT2D eigenvalue weighted by molar-refractivity contribution is 0.0487. The van der Waals surface area contributed by atoms with Crippen LogP contribution >= 0.6 is 15.9 Å². The molecule has 50 heavy (non-hydrogen) atoms. The van der Waals surface area contributed by atoms with Crippen molar-refractivity contribution >= 4 is 32.8 Å². The molecule has 0 bridgehead atoms. The van der Waals surface area contributed by atoms with Crippen LogP contribution in [0.1, 0.15) is 44.0 Å². The molecule has 256 valence electrons. The first kappa shape index (κ1) is 36.0. The molecule has 10 heteroatoms. The van der Waals surface area contributed by atoms with E-state index in [0.717, 1.165) is 37.5 Å². The summed E-state index contributed by atoms with van der Waals surface area (Å²) in [6.07, 6.45) is 10.0. The zero-order valence-electron chi connectivity index (χ0n) is 28.2. The molecule has 0 unspecified atom stereocenters. The van der Waals surface area contributed by atoms with E-state index in [2.05, 4.69) is 54.4 Å². The number of amides is 1. The van der Waals surface area contributed by atoms with Crippen molar-refractivity contribution in [2.45, 2.75) is 38.5 Å². The number of nitrogens with zero attached hydrogens (tertiary/aromatic N) is 3. The molecule has 0 aliphatic heterocycles. The largest absolute Gasteiger partial charge is 0.490 e. The zero-order valence-corrected chi connectivity index (χ0v) is 29.8. The van der Waals surface area contributed by atoms with Crippen molar-refractivity contribution in [3.63, 3.8) is 0 Å². The molecule has 3 aromatic carbocycles. The number of ether oxygens (including phenoxy) is 3. The minimum Gasteiger partial charge on any atom is -0.490 e. The van der Waals surface area contributed by atoms with E-state index in [1.807, 2.05) is 112 Å². The minimum atomic E-state index is -0.555. The molecule has 0 fully saturated rings. The number of fused-ring (bicyclic) bond motifs is 1. The van der Waals surface area contributed by atoms with E-state index in [9.17, 15) is 4.79 Å². The first-order chi connectivity index (χ1) is 24.1. The van der Waals surface area contributed by atoms with E-state index < -0.39 is 11.7 Å². The fraction of sp³-hybridized carbons (Fsp3) is 0.200. The van der Waals surface area contributed by atoms with E-state index in [4.69, 9.17) is 19.9 Å². The predicted octanol–water partition coefficient (Wildman–Crippen LogP) is 8.86. The number of nitrogens with two attached hydrogens (primary N) is 1. The molecule has 1 amide bonds. The van der Waals surface area contributed by atoms with E-state index in [1.54, 1.807) is 24.8 Å². The second-order valence-corrected chi connectivity index (χ2v) is 13.4. The summed E-state index contributed by atoms with van der Waals surface area (Å²) in [5.41, 5.74) is 9.74. The van der Waals surface area contributed by atoms with Crippen LogP contribution in [0.2, 0.25) is 0 Å². The first-order valence-corrected chi connectivity index (χ1v) is 16.9. The number of rotatable bonds is 10.